The zero-order valence-corrected chi connectivity index (χ0v) is 11.1. The van der Waals surface area contributed by atoms with Crippen molar-refractivity contribution in [3.63, 3.8) is 0 Å². The Morgan fingerprint density at radius 2 is 1.50 bits per heavy atom. The van der Waals surface area contributed by atoms with Crippen molar-refractivity contribution < 1.29 is 0 Å². The molecule has 1 aliphatic carbocycles. The molecule has 1 aliphatic rings. The van der Waals surface area contributed by atoms with Crippen molar-refractivity contribution >= 4 is 0 Å². The zero-order chi connectivity index (χ0) is 11.8. The highest BCUT2D eigenvalue weighted by molar-refractivity contribution is 5.19. The van der Waals surface area contributed by atoms with E-state index in [2.05, 4.69) is 37.3 Å². The Labute approximate surface area is 101 Å². The van der Waals surface area contributed by atoms with Crippen LogP contribution < -0.4 is 0 Å². The van der Waals surface area contributed by atoms with Crippen molar-refractivity contribution in [3.8, 4) is 0 Å². The van der Waals surface area contributed by atoms with Crippen LogP contribution in [-0.2, 0) is 0 Å². The fourth-order valence-corrected chi connectivity index (χ4v) is 2.66. The first-order valence-corrected chi connectivity index (χ1v) is 6.93. The Morgan fingerprint density at radius 3 is 2.06 bits per heavy atom. The largest absolute Gasteiger partial charge is 0.0683 e. The van der Waals surface area contributed by atoms with Crippen LogP contribution in [0.1, 0.15) is 64.4 Å². The molecule has 0 aliphatic heterocycles. The molecule has 1 aromatic rings. The van der Waals surface area contributed by atoms with E-state index in [1.54, 1.807) is 0 Å². The van der Waals surface area contributed by atoms with Gasteiger partial charge in [-0.05, 0) is 30.2 Å². The summed E-state index contributed by atoms with van der Waals surface area (Å²) in [6.45, 7) is 6.39. The summed E-state index contributed by atoms with van der Waals surface area (Å²) in [4.78, 5) is 0. The summed E-state index contributed by atoms with van der Waals surface area (Å²) in [6, 6.07) is 11.0. The molecule has 0 amide bonds. The lowest BCUT2D eigenvalue weighted by Crippen LogP contribution is -2.13. The molecule has 1 aromatic carbocycles. The van der Waals surface area contributed by atoms with E-state index in [-0.39, 0.29) is 0 Å². The highest BCUT2D eigenvalue weighted by atomic mass is 14.3. The van der Waals surface area contributed by atoms with Crippen LogP contribution in [0.25, 0.3) is 0 Å². The predicted octanol–water partition coefficient (Wildman–Crippen LogP) is 5.40. The normalized spacial score (nSPS) is 18.4. The summed E-state index contributed by atoms with van der Waals surface area (Å²) in [6.07, 6.45) is 7.23. The van der Waals surface area contributed by atoms with Gasteiger partial charge >= 0.3 is 0 Å². The van der Waals surface area contributed by atoms with Crippen LogP contribution in [0.4, 0.5) is 0 Å². The number of rotatable bonds is 2. The highest BCUT2D eigenvalue weighted by Gasteiger charge is 2.20. The molecule has 0 heterocycles. The quantitative estimate of drug-likeness (QED) is 0.623. The molecule has 1 fully saturated rings. The third kappa shape index (κ3) is 3.66. The van der Waals surface area contributed by atoms with E-state index in [1.807, 2.05) is 13.8 Å². The maximum absolute atomic E-state index is 2.39. The van der Waals surface area contributed by atoms with Crippen LogP contribution in [0.5, 0.6) is 0 Å². The first kappa shape index (κ1) is 13.3. The lowest BCUT2D eigenvalue weighted by atomic mass is 9.78. The maximum atomic E-state index is 2.39. The van der Waals surface area contributed by atoms with Crippen LogP contribution in [-0.4, -0.2) is 0 Å². The zero-order valence-electron chi connectivity index (χ0n) is 11.1. The van der Waals surface area contributed by atoms with E-state index in [0.29, 0.717) is 0 Å². The molecule has 1 saturated carbocycles. The predicted molar refractivity (Wildman–Crippen MR) is 72.8 cm³/mol. The van der Waals surface area contributed by atoms with Crippen LogP contribution in [0.15, 0.2) is 30.3 Å². The second-order valence-electron chi connectivity index (χ2n) is 4.60. The van der Waals surface area contributed by atoms with Crippen molar-refractivity contribution in [1.82, 2.24) is 0 Å². The molecule has 0 bridgehead atoms. The average Bonchev–Trinajstić information content (AvgIpc) is 2.42. The van der Waals surface area contributed by atoms with Gasteiger partial charge in [0.2, 0.25) is 0 Å². The van der Waals surface area contributed by atoms with Gasteiger partial charge in [0.25, 0.3) is 0 Å². The van der Waals surface area contributed by atoms with Gasteiger partial charge in [-0.2, -0.15) is 0 Å². The molecular formula is C16H26. The molecule has 0 aromatic heterocycles. The van der Waals surface area contributed by atoms with E-state index < -0.39 is 0 Å². The lowest BCUT2D eigenvalue weighted by Gasteiger charge is -2.27. The van der Waals surface area contributed by atoms with Crippen LogP contribution in [0.3, 0.4) is 0 Å². The van der Waals surface area contributed by atoms with Crippen molar-refractivity contribution in [2.24, 2.45) is 5.92 Å². The van der Waals surface area contributed by atoms with Crippen LogP contribution in [0, 0.1) is 5.92 Å². The van der Waals surface area contributed by atoms with Gasteiger partial charge in [0.1, 0.15) is 0 Å². The topological polar surface area (TPSA) is 0 Å². The summed E-state index contributed by atoms with van der Waals surface area (Å²) in [5, 5.41) is 0. The fraction of sp³-hybridized carbons (Fsp3) is 0.625. The molecule has 1 atom stereocenters. The SMILES string of the molecule is CC.CC(c1ccccc1)C1CCCCC1. The minimum atomic E-state index is 0.761. The highest BCUT2D eigenvalue weighted by Crippen LogP contribution is 2.35. The lowest BCUT2D eigenvalue weighted by molar-refractivity contribution is 0.316. The third-order valence-corrected chi connectivity index (χ3v) is 3.68. The molecule has 0 spiro atoms. The monoisotopic (exact) mass is 218 g/mol. The number of hydrogen-bond donors (Lipinski definition) is 0. The first-order chi connectivity index (χ1) is 7.88. The van der Waals surface area contributed by atoms with E-state index >= 15 is 0 Å². The van der Waals surface area contributed by atoms with Gasteiger partial charge in [-0.15, -0.1) is 0 Å². The minimum Gasteiger partial charge on any atom is -0.0683 e. The summed E-state index contributed by atoms with van der Waals surface area (Å²) < 4.78 is 0. The molecular weight excluding hydrogens is 192 g/mol. The van der Waals surface area contributed by atoms with Gasteiger partial charge in [-0.25, -0.2) is 0 Å². The van der Waals surface area contributed by atoms with E-state index in [0.717, 1.165) is 11.8 Å². The van der Waals surface area contributed by atoms with Gasteiger partial charge in [-0.1, -0.05) is 70.4 Å². The van der Waals surface area contributed by atoms with Gasteiger partial charge in [0.05, 0.1) is 0 Å². The molecule has 0 heteroatoms. The standard InChI is InChI=1S/C14H20.C2H6/c1-12(13-8-4-2-5-9-13)14-10-6-3-7-11-14;1-2/h2,4-5,8-9,12,14H,3,6-7,10-11H2,1H3;1-2H3. The Bertz CT molecular complexity index is 257. The smallest absolute Gasteiger partial charge is 0.0162 e. The molecule has 0 nitrogen and oxygen atoms in total. The molecule has 90 valence electrons. The maximum Gasteiger partial charge on any atom is -0.0162 e. The third-order valence-electron chi connectivity index (χ3n) is 3.68. The average molecular weight is 218 g/mol. The van der Waals surface area contributed by atoms with Crippen molar-refractivity contribution in [2.45, 2.75) is 58.8 Å². The molecule has 16 heavy (non-hydrogen) atoms. The second-order valence-corrected chi connectivity index (χ2v) is 4.60. The van der Waals surface area contributed by atoms with Gasteiger partial charge in [0, 0.05) is 0 Å². The Hall–Kier alpha value is -0.780. The van der Waals surface area contributed by atoms with Crippen LogP contribution in [0.2, 0.25) is 0 Å². The Morgan fingerprint density at radius 1 is 0.938 bits per heavy atom. The van der Waals surface area contributed by atoms with Crippen molar-refractivity contribution in [2.75, 3.05) is 0 Å². The second kappa shape index (κ2) is 7.49. The first-order valence-electron chi connectivity index (χ1n) is 6.93. The molecule has 2 rings (SSSR count). The summed E-state index contributed by atoms with van der Waals surface area (Å²) in [5.41, 5.74) is 1.53. The summed E-state index contributed by atoms with van der Waals surface area (Å²) in [5.74, 6) is 1.70. The number of benzene rings is 1. The summed E-state index contributed by atoms with van der Waals surface area (Å²) in [7, 11) is 0. The van der Waals surface area contributed by atoms with E-state index in [9.17, 15) is 0 Å². The van der Waals surface area contributed by atoms with E-state index in [4.69, 9.17) is 0 Å². The fourth-order valence-electron chi connectivity index (χ4n) is 2.66. The van der Waals surface area contributed by atoms with Crippen molar-refractivity contribution in [3.05, 3.63) is 35.9 Å². The molecule has 0 radical (unpaired) electrons. The van der Waals surface area contributed by atoms with Gasteiger partial charge in [0.15, 0.2) is 0 Å². The summed E-state index contributed by atoms with van der Waals surface area (Å²) >= 11 is 0. The van der Waals surface area contributed by atoms with E-state index in [1.165, 1.54) is 37.7 Å². The van der Waals surface area contributed by atoms with Crippen molar-refractivity contribution in [1.29, 1.82) is 0 Å². The van der Waals surface area contributed by atoms with Crippen LogP contribution >= 0.6 is 0 Å². The number of hydrogen-bond acceptors (Lipinski definition) is 0. The van der Waals surface area contributed by atoms with Gasteiger partial charge < -0.3 is 0 Å². The Kier molecular flexibility index (Phi) is 6.22. The minimum absolute atomic E-state index is 0.761. The molecule has 1 unspecified atom stereocenters. The Balaban J connectivity index is 0.000000606. The molecule has 0 saturated heterocycles. The van der Waals surface area contributed by atoms with Gasteiger partial charge in [-0.3, -0.25) is 0 Å². The molecule has 0 N–H and O–H groups in total.